The van der Waals surface area contributed by atoms with E-state index in [2.05, 4.69) is 172 Å². The lowest BCUT2D eigenvalue weighted by atomic mass is 10.2. The van der Waals surface area contributed by atoms with Gasteiger partial charge in [-0.3, -0.25) is 53.9 Å². The smallest absolute Gasteiger partial charge is 0.289 e. The zero-order valence-corrected chi connectivity index (χ0v) is 67.5. The van der Waals surface area contributed by atoms with Gasteiger partial charge in [-0.25, -0.2) is 38.1 Å². The standard InChI is InChI=1S/C11H10N2OS.C9H10N2OS.C9H8N2O.C7H5ClO.C5H5BrN2OS.C5H3BrN2S.C5H6N2OS.C4H6N2S.C2H3ClO.C2H4N2.2CH4.Br2.ClH.H4N6.H2S/c14-11(9-4-2-1-3-5-9)13-8-10-12-6-7-15-10;10-8(13)6-11-9(12)7-4-2-1-3-5-7;1-10-7-11-9(12)8-5-3-2-4-6-8;8-7(9)6-4-2-1-3-5-6;6-4-1-8-5(10-4)2-7-3-9;6-4-2-8-3-7-1-5(8)9-4;8-4-6-3-5-7-1-2-9-5;5-3-4-6-1-2-7-4;3-1-2-4;1-4-2-3;;;1-2;;1-3-5-6-4-2;/h1-7H,8H2,(H,13,14);1-5H,6H2,(H2,10,13)(H,11,12);2-6H,7H2,(H,11,12);1-5H;1,3H,2H2,(H,7,9);1-3H;1-2,4H,3H2,(H,6,8);1-2H,3,5H2;2H,1H2;2-3H2;2*1H4;;1H;(H2,1,4,5)(H2,2,3,6);1H2. The molecule has 0 aliphatic rings. The summed E-state index contributed by atoms with van der Waals surface area (Å²) in [6, 6.07) is 35.6. The monoisotopic (exact) mass is 1870 g/mol. The molecule has 0 saturated carbocycles. The first-order valence-electron chi connectivity index (χ1n) is 27.1. The first-order valence-corrected chi connectivity index (χ1v) is 38.0. The van der Waals surface area contributed by atoms with Gasteiger partial charge in [0.15, 0.2) is 0 Å². The third-order valence-corrected chi connectivity index (χ3v) is 15.3. The van der Waals surface area contributed by atoms with E-state index in [9.17, 15) is 28.8 Å². The number of rotatable bonds is 18. The first kappa shape index (κ1) is 107. The second-order valence-corrected chi connectivity index (χ2v) is 25.2. The van der Waals surface area contributed by atoms with E-state index < -0.39 is 5.24 Å². The Morgan fingerprint density at radius 2 is 1.01 bits per heavy atom. The Kier molecular flexibility index (Phi) is 78.3. The van der Waals surface area contributed by atoms with Crippen molar-refractivity contribution in [2.45, 2.75) is 41.0 Å². The van der Waals surface area contributed by atoms with Gasteiger partial charge in [0.05, 0.1) is 63.3 Å². The molecule has 0 radical (unpaired) electrons. The van der Waals surface area contributed by atoms with Gasteiger partial charge in [0.25, 0.3) is 36.3 Å². The Bertz CT molecular complexity index is 3840. The Hall–Kier alpha value is -8.01. The molecule has 0 bridgehead atoms. The SMILES string of the molecule is BrBr.Brc1cn2cncc2s1.C.C.Cl.N/N=N/N=N/N.NC(=S)CNC(=O)c1ccccc1.NCc1nccs1.O=C(Cl)c1ccccc1.O=C(NCc1nccs1)c1ccccc1.O=CCCl.O=CNCc1ncc(Br)s1.O=CNCc1nccs1.S.[C-]#[N+]CN.[C-]#[N+]CNC(=O)c1ccccc1. The molecule has 0 aliphatic heterocycles. The number of benzene rings is 4. The summed E-state index contributed by atoms with van der Waals surface area (Å²) in [5.41, 5.74) is 17.6. The Morgan fingerprint density at radius 1 is 0.606 bits per heavy atom. The Morgan fingerprint density at radius 3 is 1.33 bits per heavy atom. The third kappa shape index (κ3) is 59.4. The number of nitrogens with two attached hydrogens (primary N) is 5. The molecule has 0 unspecified atom stereocenters. The molecule has 104 heavy (non-hydrogen) atoms. The highest BCUT2D eigenvalue weighted by Crippen LogP contribution is 2.22. The molecule has 6 heterocycles. The molecule has 562 valence electrons. The topological polar surface area (TPSA) is 437 Å². The molecule has 10 aromatic rings. The summed E-state index contributed by atoms with van der Waals surface area (Å²) < 4.78 is 4.10. The van der Waals surface area contributed by atoms with Crippen molar-refractivity contribution in [3.8, 4) is 0 Å². The van der Waals surface area contributed by atoms with Crippen LogP contribution in [0.5, 0.6) is 0 Å². The normalized spacial score (nSPS) is 8.71. The molecule has 5 amide bonds. The van der Waals surface area contributed by atoms with Crippen molar-refractivity contribution in [3.63, 3.8) is 0 Å². The minimum Gasteiger partial charge on any atom is -0.392 e. The average molecular weight is 1880 g/mol. The highest BCUT2D eigenvalue weighted by molar-refractivity contribution is 9.93. The second-order valence-electron chi connectivity index (χ2n) is 16.2. The van der Waals surface area contributed by atoms with Gasteiger partial charge in [0.2, 0.25) is 12.8 Å². The molecule has 6 aromatic heterocycles. The summed E-state index contributed by atoms with van der Waals surface area (Å²) >= 11 is 34.6. The van der Waals surface area contributed by atoms with E-state index in [4.69, 9.17) is 52.6 Å². The molecule has 0 fully saturated rings. The van der Waals surface area contributed by atoms with Crippen LogP contribution in [0.15, 0.2) is 209 Å². The predicted octanol–water partition coefficient (Wildman–Crippen LogP) is 13.7. The highest BCUT2D eigenvalue weighted by Gasteiger charge is 2.06. The van der Waals surface area contributed by atoms with Crippen LogP contribution in [-0.2, 0) is 40.6 Å². The van der Waals surface area contributed by atoms with E-state index in [1.54, 1.807) is 139 Å². The van der Waals surface area contributed by atoms with E-state index in [-0.39, 0.29) is 89.2 Å². The molecule has 10 rings (SSSR count). The maximum Gasteiger partial charge on any atom is 0.289 e. The summed E-state index contributed by atoms with van der Waals surface area (Å²) in [7, 11) is 0. The van der Waals surface area contributed by atoms with Crippen molar-refractivity contribution in [3.05, 3.63) is 254 Å². The molecule has 43 heteroatoms. The van der Waals surface area contributed by atoms with Gasteiger partial charge in [-0.05, 0) is 90.3 Å². The van der Waals surface area contributed by atoms with Gasteiger partial charge in [0.1, 0.15) is 31.1 Å². The maximum absolute atomic E-state index is 11.6. The summed E-state index contributed by atoms with van der Waals surface area (Å²) in [5.74, 6) is 8.61. The number of thiocarbonyl (C=S) groups is 1. The fraction of sp³-hybridized carbons (Fsp3) is 0.164. The summed E-state index contributed by atoms with van der Waals surface area (Å²) in [6.07, 6.45) is 14.5. The van der Waals surface area contributed by atoms with Crippen molar-refractivity contribution in [1.82, 2.24) is 55.9 Å². The number of thiazole rings is 5. The molecule has 0 spiro atoms. The number of imidazole rings is 1. The molecular weight excluding hydrogens is 1800 g/mol. The minimum atomic E-state index is -0.407. The van der Waals surface area contributed by atoms with Gasteiger partial charge in [0, 0.05) is 98.0 Å². The van der Waals surface area contributed by atoms with Gasteiger partial charge in [-0.1, -0.05) is 122 Å². The molecular formula is C61H75Br4Cl3N22O7S7. The van der Waals surface area contributed by atoms with E-state index in [0.29, 0.717) is 67.5 Å². The number of aromatic nitrogens is 6. The number of alkyl halides is 1. The van der Waals surface area contributed by atoms with Crippen molar-refractivity contribution in [2.75, 3.05) is 25.8 Å². The van der Waals surface area contributed by atoms with Gasteiger partial charge in [-0.2, -0.15) is 13.5 Å². The zero-order valence-electron chi connectivity index (χ0n) is 52.9. The van der Waals surface area contributed by atoms with E-state index in [1.807, 2.05) is 69.3 Å². The number of carbonyl (C=O) groups is 7. The van der Waals surface area contributed by atoms with Gasteiger partial charge >= 0.3 is 0 Å². The van der Waals surface area contributed by atoms with Crippen LogP contribution in [-0.4, -0.2) is 102 Å². The molecule has 0 aliphatic carbocycles. The quantitative estimate of drug-likeness (QED) is 0.00557. The summed E-state index contributed by atoms with van der Waals surface area (Å²) in [6.45, 7) is 14.9. The molecule has 15 N–H and O–H groups in total. The summed E-state index contributed by atoms with van der Waals surface area (Å²) in [5, 5.41) is 33.0. The third-order valence-electron chi connectivity index (χ3n) is 9.45. The van der Waals surface area contributed by atoms with Crippen molar-refractivity contribution in [1.29, 1.82) is 0 Å². The van der Waals surface area contributed by atoms with Crippen LogP contribution in [0.3, 0.4) is 0 Å². The maximum atomic E-state index is 11.6. The summed E-state index contributed by atoms with van der Waals surface area (Å²) in [4.78, 5) is 100. The number of nitrogens with one attached hydrogen (secondary N) is 5. The largest absolute Gasteiger partial charge is 0.392 e. The Balaban J connectivity index is -0.000000257. The fourth-order valence-electron chi connectivity index (χ4n) is 5.49. The van der Waals surface area contributed by atoms with Crippen LogP contribution in [0.1, 0.15) is 76.3 Å². The number of nitrogens with zero attached hydrogens (tertiary/aromatic N) is 12. The van der Waals surface area contributed by atoms with E-state index in [0.717, 1.165) is 27.6 Å². The van der Waals surface area contributed by atoms with E-state index >= 15 is 0 Å². The van der Waals surface area contributed by atoms with Crippen LogP contribution < -0.4 is 55.5 Å². The Labute approximate surface area is 683 Å². The minimum absolute atomic E-state index is 0. The number of halogens is 7. The number of hydrogen-bond donors (Lipinski definition) is 10. The van der Waals surface area contributed by atoms with E-state index in [1.165, 1.54) is 38.8 Å². The molecule has 4 aromatic carbocycles. The van der Waals surface area contributed by atoms with Gasteiger partial charge in [-0.15, -0.1) is 80.7 Å². The van der Waals surface area contributed by atoms with Gasteiger partial charge < -0.3 is 49.2 Å². The first-order chi connectivity index (χ1) is 48.5. The number of aldehydes is 1. The lowest BCUT2D eigenvalue weighted by Crippen LogP contribution is -2.32. The predicted molar refractivity (Wildman–Crippen MR) is 445 cm³/mol. The molecule has 29 nitrogen and oxygen atoms in total. The number of carbonyl (C=O) groups excluding carboxylic acids is 7. The van der Waals surface area contributed by atoms with Crippen molar-refractivity contribution in [2.24, 2.45) is 49.8 Å². The highest BCUT2D eigenvalue weighted by atomic mass is 80.9. The van der Waals surface area contributed by atoms with Crippen LogP contribution in [0.2, 0.25) is 0 Å². The second kappa shape index (κ2) is 76.1. The number of hydrogen-bond acceptors (Lipinski definition) is 22. The van der Waals surface area contributed by atoms with Crippen molar-refractivity contribution < 1.29 is 33.6 Å². The van der Waals surface area contributed by atoms with Crippen LogP contribution >= 0.6 is 178 Å². The number of amides is 5. The lowest BCUT2D eigenvalue weighted by Gasteiger charge is -2.02. The van der Waals surface area contributed by atoms with Crippen LogP contribution in [0.25, 0.3) is 14.5 Å². The molecule has 0 atom stereocenters. The lowest BCUT2D eigenvalue weighted by molar-refractivity contribution is -0.110. The van der Waals surface area contributed by atoms with Crippen LogP contribution in [0, 0.1) is 13.1 Å². The fourth-order valence-corrected chi connectivity index (χ4v) is 9.97. The molecule has 0 saturated heterocycles. The average Bonchev–Trinajstić information content (AvgIpc) is 1.70. The van der Waals surface area contributed by atoms with Crippen LogP contribution in [0.4, 0.5) is 0 Å². The zero-order chi connectivity index (χ0) is 74.7. The number of fused-ring (bicyclic) bond motifs is 1. The van der Waals surface area contributed by atoms with Crippen molar-refractivity contribution >= 4 is 230 Å².